The van der Waals surface area contributed by atoms with Crippen molar-refractivity contribution in [1.29, 1.82) is 0 Å². The fourth-order valence-electron chi connectivity index (χ4n) is 3.52. The van der Waals surface area contributed by atoms with Gasteiger partial charge in [-0.2, -0.15) is 0 Å². The standard InChI is InChI=1S/C22H32N4O.HI/c1-22(2,3)19-15-24-20(27-19)16-25-21(23-4)26-12-10-18(11-13-26)14-17-8-6-5-7-9-17;/h5-9,15,18H,10-14,16H2,1-4H3,(H,23,25);1H. The quantitative estimate of drug-likeness (QED) is 0.382. The second-order valence-electron chi connectivity index (χ2n) is 8.39. The molecule has 0 radical (unpaired) electrons. The molecule has 1 aliphatic heterocycles. The van der Waals surface area contributed by atoms with Crippen molar-refractivity contribution >= 4 is 29.9 Å². The number of benzene rings is 1. The maximum absolute atomic E-state index is 5.87. The number of aromatic nitrogens is 1. The Morgan fingerprint density at radius 3 is 2.46 bits per heavy atom. The van der Waals surface area contributed by atoms with E-state index in [0.29, 0.717) is 12.4 Å². The monoisotopic (exact) mass is 496 g/mol. The fraction of sp³-hybridized carbons (Fsp3) is 0.545. The molecule has 5 nitrogen and oxygen atoms in total. The lowest BCUT2D eigenvalue weighted by Crippen LogP contribution is -2.45. The van der Waals surface area contributed by atoms with Gasteiger partial charge >= 0.3 is 0 Å². The molecule has 28 heavy (non-hydrogen) atoms. The van der Waals surface area contributed by atoms with Gasteiger partial charge in [-0.1, -0.05) is 51.1 Å². The number of hydrogen-bond donors (Lipinski definition) is 1. The summed E-state index contributed by atoms with van der Waals surface area (Å²) in [7, 11) is 1.84. The van der Waals surface area contributed by atoms with Crippen LogP contribution >= 0.6 is 24.0 Å². The summed E-state index contributed by atoms with van der Waals surface area (Å²) in [5, 5.41) is 3.40. The van der Waals surface area contributed by atoms with Crippen LogP contribution in [0.5, 0.6) is 0 Å². The van der Waals surface area contributed by atoms with Crippen molar-refractivity contribution in [2.24, 2.45) is 10.9 Å². The molecule has 0 amide bonds. The molecule has 1 aromatic heterocycles. The van der Waals surface area contributed by atoms with Crippen molar-refractivity contribution < 1.29 is 4.42 Å². The normalized spacial score (nSPS) is 16.0. The fourth-order valence-corrected chi connectivity index (χ4v) is 3.52. The van der Waals surface area contributed by atoms with Gasteiger partial charge in [-0.3, -0.25) is 4.99 Å². The van der Waals surface area contributed by atoms with E-state index in [1.807, 2.05) is 13.2 Å². The highest BCUT2D eigenvalue weighted by atomic mass is 127. The van der Waals surface area contributed by atoms with Crippen LogP contribution < -0.4 is 5.32 Å². The number of guanidine groups is 1. The lowest BCUT2D eigenvalue weighted by molar-refractivity contribution is 0.258. The minimum Gasteiger partial charge on any atom is -0.443 e. The smallest absolute Gasteiger partial charge is 0.213 e. The summed E-state index contributed by atoms with van der Waals surface area (Å²) in [6.45, 7) is 9.02. The summed E-state index contributed by atoms with van der Waals surface area (Å²) in [6.07, 6.45) is 5.40. The molecule has 0 aliphatic carbocycles. The molecule has 6 heteroatoms. The summed E-state index contributed by atoms with van der Waals surface area (Å²) in [5.41, 5.74) is 1.42. The van der Waals surface area contributed by atoms with E-state index in [0.717, 1.165) is 30.7 Å². The van der Waals surface area contributed by atoms with Crippen LogP contribution in [0.15, 0.2) is 45.9 Å². The van der Waals surface area contributed by atoms with Crippen molar-refractivity contribution in [3.05, 3.63) is 53.7 Å². The molecule has 1 N–H and O–H groups in total. The Bertz CT molecular complexity index is 743. The molecule has 1 aromatic carbocycles. The minimum absolute atomic E-state index is 0. The van der Waals surface area contributed by atoms with Crippen LogP contribution in [0, 0.1) is 5.92 Å². The summed E-state index contributed by atoms with van der Waals surface area (Å²) >= 11 is 0. The lowest BCUT2D eigenvalue weighted by atomic mass is 9.90. The zero-order valence-electron chi connectivity index (χ0n) is 17.4. The van der Waals surface area contributed by atoms with Gasteiger partial charge in [0.25, 0.3) is 0 Å². The third-order valence-corrected chi connectivity index (χ3v) is 5.18. The Hall–Kier alpha value is -1.57. The van der Waals surface area contributed by atoms with Crippen LogP contribution in [0.2, 0.25) is 0 Å². The molecule has 1 aliphatic rings. The first kappa shape index (κ1) is 22.7. The second-order valence-corrected chi connectivity index (χ2v) is 8.39. The molecule has 2 aromatic rings. The van der Waals surface area contributed by atoms with Crippen LogP contribution in [0.1, 0.15) is 50.8 Å². The number of aliphatic imine (C=N–C) groups is 1. The van der Waals surface area contributed by atoms with E-state index in [2.05, 4.69) is 71.3 Å². The maximum atomic E-state index is 5.87. The number of nitrogens with one attached hydrogen (secondary N) is 1. The average molecular weight is 496 g/mol. The number of halogens is 1. The number of hydrogen-bond acceptors (Lipinski definition) is 3. The molecule has 0 bridgehead atoms. The number of rotatable bonds is 4. The van der Waals surface area contributed by atoms with Gasteiger partial charge in [-0.25, -0.2) is 4.98 Å². The Morgan fingerprint density at radius 2 is 1.89 bits per heavy atom. The maximum Gasteiger partial charge on any atom is 0.213 e. The van der Waals surface area contributed by atoms with E-state index >= 15 is 0 Å². The van der Waals surface area contributed by atoms with Crippen LogP contribution in [-0.2, 0) is 18.4 Å². The Balaban J connectivity index is 0.00000280. The highest BCUT2D eigenvalue weighted by Gasteiger charge is 2.23. The number of likely N-dealkylation sites (tertiary alicyclic amines) is 1. The molecule has 3 rings (SSSR count). The number of piperidine rings is 1. The van der Waals surface area contributed by atoms with Crippen molar-refractivity contribution in [2.75, 3.05) is 20.1 Å². The average Bonchev–Trinajstić information content (AvgIpc) is 3.14. The first-order valence-corrected chi connectivity index (χ1v) is 9.90. The van der Waals surface area contributed by atoms with Gasteiger partial charge in [0, 0.05) is 25.6 Å². The van der Waals surface area contributed by atoms with Gasteiger partial charge in [-0.05, 0) is 30.7 Å². The molecule has 0 unspecified atom stereocenters. The van der Waals surface area contributed by atoms with Crippen molar-refractivity contribution in [3.8, 4) is 0 Å². The second kappa shape index (κ2) is 10.3. The largest absolute Gasteiger partial charge is 0.443 e. The molecule has 0 atom stereocenters. The van der Waals surface area contributed by atoms with Crippen molar-refractivity contribution in [1.82, 2.24) is 15.2 Å². The zero-order chi connectivity index (χ0) is 19.3. The molecule has 1 saturated heterocycles. The highest BCUT2D eigenvalue weighted by Crippen LogP contribution is 2.23. The predicted octanol–water partition coefficient (Wildman–Crippen LogP) is 4.62. The summed E-state index contributed by atoms with van der Waals surface area (Å²) in [5.74, 6) is 3.31. The van der Waals surface area contributed by atoms with Crippen LogP contribution in [0.3, 0.4) is 0 Å². The molecular formula is C22H33IN4O. The van der Waals surface area contributed by atoms with E-state index < -0.39 is 0 Å². The summed E-state index contributed by atoms with van der Waals surface area (Å²) in [4.78, 5) is 11.2. The van der Waals surface area contributed by atoms with Crippen LogP contribution in [0.25, 0.3) is 0 Å². The van der Waals surface area contributed by atoms with E-state index in [1.165, 1.54) is 24.8 Å². The van der Waals surface area contributed by atoms with Gasteiger partial charge in [-0.15, -0.1) is 24.0 Å². The van der Waals surface area contributed by atoms with Gasteiger partial charge in [0.15, 0.2) is 5.96 Å². The molecule has 0 spiro atoms. The van der Waals surface area contributed by atoms with E-state index in [9.17, 15) is 0 Å². The number of oxazole rings is 1. The highest BCUT2D eigenvalue weighted by molar-refractivity contribution is 14.0. The lowest BCUT2D eigenvalue weighted by Gasteiger charge is -2.34. The summed E-state index contributed by atoms with van der Waals surface area (Å²) in [6, 6.07) is 10.8. The van der Waals surface area contributed by atoms with Crippen LogP contribution in [0.4, 0.5) is 0 Å². The zero-order valence-corrected chi connectivity index (χ0v) is 19.8. The van der Waals surface area contributed by atoms with Gasteiger partial charge in [0.1, 0.15) is 5.76 Å². The molecule has 154 valence electrons. The third kappa shape index (κ3) is 6.22. The van der Waals surface area contributed by atoms with Crippen molar-refractivity contribution in [2.45, 2.75) is 52.0 Å². The first-order valence-electron chi connectivity index (χ1n) is 9.90. The Morgan fingerprint density at radius 1 is 1.21 bits per heavy atom. The number of nitrogens with zero attached hydrogens (tertiary/aromatic N) is 3. The first-order chi connectivity index (χ1) is 13.0. The SMILES string of the molecule is CN=C(NCc1ncc(C(C)(C)C)o1)N1CCC(Cc2ccccc2)CC1.I. The summed E-state index contributed by atoms with van der Waals surface area (Å²) < 4.78 is 5.87. The molecule has 0 saturated carbocycles. The van der Waals surface area contributed by atoms with E-state index in [-0.39, 0.29) is 29.4 Å². The van der Waals surface area contributed by atoms with E-state index in [1.54, 1.807) is 0 Å². The van der Waals surface area contributed by atoms with E-state index in [4.69, 9.17) is 4.42 Å². The Labute approximate surface area is 186 Å². The molecular weight excluding hydrogens is 463 g/mol. The minimum atomic E-state index is -0.0203. The van der Waals surface area contributed by atoms with Gasteiger partial charge in [0.05, 0.1) is 12.7 Å². The van der Waals surface area contributed by atoms with Gasteiger partial charge in [0.2, 0.25) is 5.89 Å². The van der Waals surface area contributed by atoms with Crippen molar-refractivity contribution in [3.63, 3.8) is 0 Å². The molecule has 1 fully saturated rings. The predicted molar refractivity (Wildman–Crippen MR) is 125 cm³/mol. The van der Waals surface area contributed by atoms with Gasteiger partial charge < -0.3 is 14.6 Å². The molecule has 2 heterocycles. The van der Waals surface area contributed by atoms with Crippen LogP contribution in [-0.4, -0.2) is 36.0 Å². The third-order valence-electron chi connectivity index (χ3n) is 5.18. The topological polar surface area (TPSA) is 53.7 Å². The Kier molecular flexibility index (Phi) is 8.34.